The lowest BCUT2D eigenvalue weighted by atomic mass is 9.97. The Morgan fingerprint density at radius 3 is 2.35 bits per heavy atom. The van der Waals surface area contributed by atoms with E-state index in [1.165, 1.54) is 0 Å². The maximum atomic E-state index is 10.3. The minimum absolute atomic E-state index is 0.605. The minimum Gasteiger partial charge on any atom is -0.496 e. The highest BCUT2D eigenvalue weighted by atomic mass is 16.5. The molecule has 0 spiro atoms. The highest BCUT2D eigenvalue weighted by Crippen LogP contribution is 2.29. The van der Waals surface area contributed by atoms with Gasteiger partial charge in [-0.3, -0.25) is 0 Å². The lowest BCUT2D eigenvalue weighted by Gasteiger charge is -2.16. The molecule has 0 aliphatic heterocycles. The van der Waals surface area contributed by atoms with E-state index in [9.17, 15) is 5.11 Å². The van der Waals surface area contributed by atoms with E-state index in [2.05, 4.69) is 0 Å². The molecule has 0 aromatic heterocycles. The molecule has 0 radical (unpaired) electrons. The summed E-state index contributed by atoms with van der Waals surface area (Å²) in [5, 5.41) is 10.3. The van der Waals surface area contributed by atoms with Crippen LogP contribution in [0.1, 0.15) is 22.8 Å². The third-order valence-corrected chi connectivity index (χ3v) is 2.96. The number of ether oxygens (including phenoxy) is 1. The number of methoxy groups -OCH3 is 1. The summed E-state index contributed by atoms with van der Waals surface area (Å²) in [4.78, 5) is 0. The summed E-state index contributed by atoms with van der Waals surface area (Å²) in [7, 11) is 1.64. The Bertz CT molecular complexity index is 492. The Balaban J connectivity index is 2.41. The number of benzene rings is 2. The van der Waals surface area contributed by atoms with E-state index in [1.807, 2.05) is 55.5 Å². The van der Waals surface area contributed by atoms with Crippen molar-refractivity contribution < 1.29 is 9.84 Å². The van der Waals surface area contributed by atoms with Gasteiger partial charge in [0.05, 0.1) is 7.11 Å². The van der Waals surface area contributed by atoms with Gasteiger partial charge < -0.3 is 9.84 Å². The SMILES string of the molecule is COc1cccc(C(O)c2ccccc2)c1C. The lowest BCUT2D eigenvalue weighted by Crippen LogP contribution is -2.03. The Kier molecular flexibility index (Phi) is 3.45. The fourth-order valence-electron chi connectivity index (χ4n) is 1.96. The van der Waals surface area contributed by atoms with Crippen LogP contribution in [0.25, 0.3) is 0 Å². The third kappa shape index (κ3) is 2.32. The summed E-state index contributed by atoms with van der Waals surface area (Å²) in [6.45, 7) is 1.96. The summed E-state index contributed by atoms with van der Waals surface area (Å²) in [6, 6.07) is 15.4. The van der Waals surface area contributed by atoms with Crippen molar-refractivity contribution in [2.45, 2.75) is 13.0 Å². The van der Waals surface area contributed by atoms with E-state index >= 15 is 0 Å². The smallest absolute Gasteiger partial charge is 0.122 e. The fourth-order valence-corrected chi connectivity index (χ4v) is 1.96. The van der Waals surface area contributed by atoms with Crippen LogP contribution in [-0.2, 0) is 0 Å². The fraction of sp³-hybridized carbons (Fsp3) is 0.200. The summed E-state index contributed by atoms with van der Waals surface area (Å²) >= 11 is 0. The molecule has 2 heteroatoms. The van der Waals surface area contributed by atoms with E-state index in [0.717, 1.165) is 22.4 Å². The first-order valence-corrected chi connectivity index (χ1v) is 5.60. The zero-order chi connectivity index (χ0) is 12.3. The Morgan fingerprint density at radius 2 is 1.71 bits per heavy atom. The zero-order valence-electron chi connectivity index (χ0n) is 10.1. The van der Waals surface area contributed by atoms with Crippen LogP contribution < -0.4 is 4.74 Å². The van der Waals surface area contributed by atoms with Gasteiger partial charge in [0.25, 0.3) is 0 Å². The van der Waals surface area contributed by atoms with Gasteiger partial charge in [-0.1, -0.05) is 42.5 Å². The number of aliphatic hydroxyl groups is 1. The molecule has 1 unspecified atom stereocenters. The Hall–Kier alpha value is -1.80. The number of hydrogen-bond acceptors (Lipinski definition) is 2. The summed E-state index contributed by atoms with van der Waals surface area (Å²) in [5.74, 6) is 0.803. The number of hydrogen-bond donors (Lipinski definition) is 1. The summed E-state index contributed by atoms with van der Waals surface area (Å²) in [6.07, 6.45) is -0.605. The molecular weight excluding hydrogens is 212 g/mol. The van der Waals surface area contributed by atoms with Crippen molar-refractivity contribution in [3.63, 3.8) is 0 Å². The zero-order valence-corrected chi connectivity index (χ0v) is 10.1. The molecule has 0 aliphatic carbocycles. The quantitative estimate of drug-likeness (QED) is 0.874. The molecule has 2 aromatic rings. The van der Waals surface area contributed by atoms with Crippen LogP contribution in [0.5, 0.6) is 5.75 Å². The van der Waals surface area contributed by atoms with E-state index in [-0.39, 0.29) is 0 Å². The molecule has 0 bridgehead atoms. The van der Waals surface area contributed by atoms with Crippen LogP contribution in [0.2, 0.25) is 0 Å². The first-order valence-electron chi connectivity index (χ1n) is 5.60. The van der Waals surface area contributed by atoms with Gasteiger partial charge in [-0.2, -0.15) is 0 Å². The molecule has 1 N–H and O–H groups in total. The Morgan fingerprint density at radius 1 is 1.00 bits per heavy atom. The Labute approximate surface area is 101 Å². The van der Waals surface area contributed by atoms with Gasteiger partial charge in [0, 0.05) is 0 Å². The molecule has 0 fully saturated rings. The molecule has 2 nitrogen and oxygen atoms in total. The van der Waals surface area contributed by atoms with E-state index in [4.69, 9.17) is 4.74 Å². The molecule has 2 aromatic carbocycles. The largest absolute Gasteiger partial charge is 0.496 e. The van der Waals surface area contributed by atoms with Crippen molar-refractivity contribution >= 4 is 0 Å². The highest BCUT2D eigenvalue weighted by Gasteiger charge is 2.14. The van der Waals surface area contributed by atoms with Crippen LogP contribution in [0.15, 0.2) is 48.5 Å². The molecule has 17 heavy (non-hydrogen) atoms. The average Bonchev–Trinajstić information content (AvgIpc) is 2.39. The van der Waals surface area contributed by atoms with Gasteiger partial charge in [0.15, 0.2) is 0 Å². The molecule has 0 saturated heterocycles. The molecule has 0 amide bonds. The minimum atomic E-state index is -0.605. The molecular formula is C15H16O2. The summed E-state index contributed by atoms with van der Waals surface area (Å²) < 4.78 is 5.26. The maximum absolute atomic E-state index is 10.3. The van der Waals surface area contributed by atoms with Gasteiger partial charge in [-0.15, -0.1) is 0 Å². The second-order valence-corrected chi connectivity index (χ2v) is 3.99. The summed E-state index contributed by atoms with van der Waals surface area (Å²) in [5.41, 5.74) is 2.76. The predicted molar refractivity (Wildman–Crippen MR) is 68.2 cm³/mol. The predicted octanol–water partition coefficient (Wildman–Crippen LogP) is 3.09. The van der Waals surface area contributed by atoms with Crippen molar-refractivity contribution in [2.75, 3.05) is 7.11 Å². The molecule has 0 heterocycles. The van der Waals surface area contributed by atoms with Crippen molar-refractivity contribution in [3.05, 3.63) is 65.2 Å². The third-order valence-electron chi connectivity index (χ3n) is 2.96. The van der Waals surface area contributed by atoms with Crippen LogP contribution in [0, 0.1) is 6.92 Å². The molecule has 88 valence electrons. The van der Waals surface area contributed by atoms with Crippen molar-refractivity contribution in [1.82, 2.24) is 0 Å². The standard InChI is InChI=1S/C15H16O2/c1-11-13(9-6-10-14(11)17-2)15(16)12-7-4-3-5-8-12/h3-10,15-16H,1-2H3. The van der Waals surface area contributed by atoms with E-state index in [0.29, 0.717) is 0 Å². The van der Waals surface area contributed by atoms with Crippen LogP contribution in [-0.4, -0.2) is 12.2 Å². The highest BCUT2D eigenvalue weighted by molar-refractivity contribution is 5.43. The first-order chi connectivity index (χ1) is 8.24. The average molecular weight is 228 g/mol. The van der Waals surface area contributed by atoms with Crippen LogP contribution in [0.4, 0.5) is 0 Å². The van der Waals surface area contributed by atoms with E-state index in [1.54, 1.807) is 7.11 Å². The van der Waals surface area contributed by atoms with Crippen LogP contribution in [0.3, 0.4) is 0 Å². The second kappa shape index (κ2) is 5.02. The number of rotatable bonds is 3. The van der Waals surface area contributed by atoms with Gasteiger partial charge in [-0.25, -0.2) is 0 Å². The topological polar surface area (TPSA) is 29.5 Å². The number of aliphatic hydroxyl groups excluding tert-OH is 1. The van der Waals surface area contributed by atoms with Gasteiger partial charge in [0.2, 0.25) is 0 Å². The van der Waals surface area contributed by atoms with Gasteiger partial charge in [-0.05, 0) is 29.7 Å². The van der Waals surface area contributed by atoms with Crippen molar-refractivity contribution in [3.8, 4) is 5.75 Å². The van der Waals surface area contributed by atoms with Gasteiger partial charge in [0.1, 0.15) is 11.9 Å². The molecule has 1 atom stereocenters. The maximum Gasteiger partial charge on any atom is 0.122 e. The molecule has 2 rings (SSSR count). The normalized spacial score (nSPS) is 12.2. The van der Waals surface area contributed by atoms with E-state index < -0.39 is 6.10 Å². The monoisotopic (exact) mass is 228 g/mol. The van der Waals surface area contributed by atoms with Crippen LogP contribution >= 0.6 is 0 Å². The second-order valence-electron chi connectivity index (χ2n) is 3.99. The molecule has 0 saturated carbocycles. The van der Waals surface area contributed by atoms with Crippen molar-refractivity contribution in [1.29, 1.82) is 0 Å². The molecule has 0 aliphatic rings. The van der Waals surface area contributed by atoms with Gasteiger partial charge >= 0.3 is 0 Å². The van der Waals surface area contributed by atoms with Crippen molar-refractivity contribution in [2.24, 2.45) is 0 Å². The lowest BCUT2D eigenvalue weighted by molar-refractivity contribution is 0.219. The first kappa shape index (κ1) is 11.7.